The number of nitrogens with one attached hydrogen (secondary N) is 1. The fourth-order valence-electron chi connectivity index (χ4n) is 3.31. The molecule has 0 amide bonds. The molecule has 1 aromatic heterocycles. The number of nitriles is 1. The van der Waals surface area contributed by atoms with Crippen molar-refractivity contribution in [3.63, 3.8) is 0 Å². The summed E-state index contributed by atoms with van der Waals surface area (Å²) < 4.78 is 44.9. The van der Waals surface area contributed by atoms with Crippen LogP contribution in [-0.4, -0.2) is 10.7 Å². The Hall–Kier alpha value is -2.85. The van der Waals surface area contributed by atoms with Gasteiger partial charge in [-0.25, -0.2) is 0 Å². The summed E-state index contributed by atoms with van der Waals surface area (Å²) in [4.78, 5) is 0. The van der Waals surface area contributed by atoms with E-state index in [1.807, 2.05) is 31.2 Å². The Kier molecular flexibility index (Phi) is 5.71. The van der Waals surface area contributed by atoms with Crippen molar-refractivity contribution in [3.05, 3.63) is 64.0 Å². The third-order valence-electron chi connectivity index (χ3n) is 4.45. The van der Waals surface area contributed by atoms with Gasteiger partial charge in [0.1, 0.15) is 6.07 Å². The Morgan fingerprint density at radius 3 is 2.79 bits per heavy atom. The van der Waals surface area contributed by atoms with Crippen LogP contribution in [0.25, 0.3) is 23.4 Å². The van der Waals surface area contributed by atoms with Gasteiger partial charge in [0.15, 0.2) is 0 Å². The van der Waals surface area contributed by atoms with Crippen LogP contribution in [0.15, 0.2) is 47.9 Å². The van der Waals surface area contributed by atoms with Crippen LogP contribution < -0.4 is 15.3 Å². The number of rotatable bonds is 5. The van der Waals surface area contributed by atoms with E-state index in [1.54, 1.807) is 16.1 Å². The number of benzene rings is 1. The van der Waals surface area contributed by atoms with Crippen LogP contribution in [0.2, 0.25) is 0 Å². The second-order valence-corrected chi connectivity index (χ2v) is 6.86. The first-order valence-corrected chi connectivity index (χ1v) is 9.53. The van der Waals surface area contributed by atoms with Gasteiger partial charge in [-0.2, -0.15) is 18.4 Å². The maximum atomic E-state index is 13.3. The van der Waals surface area contributed by atoms with Gasteiger partial charge in [-0.1, -0.05) is 30.9 Å². The van der Waals surface area contributed by atoms with Crippen molar-refractivity contribution in [2.24, 2.45) is 0 Å². The molecule has 7 heteroatoms. The van der Waals surface area contributed by atoms with Crippen molar-refractivity contribution in [1.82, 2.24) is 4.57 Å². The Morgan fingerprint density at radius 1 is 1.36 bits per heavy atom. The average molecular weight is 401 g/mol. The van der Waals surface area contributed by atoms with Gasteiger partial charge in [-0.15, -0.1) is 0 Å². The fraction of sp³-hybridized carbons (Fsp3) is 0.190. The first-order valence-electron chi connectivity index (χ1n) is 8.65. The van der Waals surface area contributed by atoms with E-state index in [9.17, 15) is 18.4 Å². The molecule has 0 saturated carbocycles. The van der Waals surface area contributed by atoms with E-state index in [4.69, 9.17) is 0 Å². The van der Waals surface area contributed by atoms with Crippen LogP contribution >= 0.6 is 11.9 Å². The summed E-state index contributed by atoms with van der Waals surface area (Å²) in [6.07, 6.45) is -0.330. The van der Waals surface area contributed by atoms with Gasteiger partial charge in [-0.05, 0) is 48.9 Å². The van der Waals surface area contributed by atoms with Crippen LogP contribution in [0.4, 0.5) is 18.9 Å². The zero-order valence-electron chi connectivity index (χ0n) is 15.2. The van der Waals surface area contributed by atoms with Crippen molar-refractivity contribution in [1.29, 1.82) is 5.26 Å². The zero-order valence-corrected chi connectivity index (χ0v) is 16.0. The minimum Gasteiger partial charge on any atom is -0.340 e. The highest BCUT2D eigenvalue weighted by atomic mass is 32.2. The zero-order chi connectivity index (χ0) is 20.3. The Bertz CT molecular complexity index is 1100. The number of alkyl halides is 3. The largest absolute Gasteiger partial charge is 0.416 e. The number of allylic oxidation sites excluding steroid dienone is 2. The molecular formula is C21H18F3N3S. The summed E-state index contributed by atoms with van der Waals surface area (Å²) >= 11 is 1.32. The lowest BCUT2D eigenvalue weighted by Crippen LogP contribution is -2.30. The van der Waals surface area contributed by atoms with Crippen molar-refractivity contribution in [3.8, 4) is 17.3 Å². The number of nitrogens with zero attached hydrogens (tertiary/aromatic N) is 2. The predicted molar refractivity (Wildman–Crippen MR) is 109 cm³/mol. The second kappa shape index (κ2) is 8.03. The van der Waals surface area contributed by atoms with Gasteiger partial charge in [0.05, 0.1) is 22.2 Å². The number of aromatic nitrogens is 1. The van der Waals surface area contributed by atoms with Gasteiger partial charge in [-0.3, -0.25) is 0 Å². The SMILES string of the molecule is C=CSNc1cccc(-c2c(C#N)c3c(n2CC)=CC(C(F)(F)F)=CCC=3)c1. The van der Waals surface area contributed by atoms with Gasteiger partial charge in [0.25, 0.3) is 0 Å². The molecule has 0 saturated heterocycles. The van der Waals surface area contributed by atoms with Crippen LogP contribution in [0, 0.1) is 11.3 Å². The summed E-state index contributed by atoms with van der Waals surface area (Å²) in [5, 5.41) is 12.4. The molecule has 1 aliphatic rings. The molecule has 0 bridgehead atoms. The topological polar surface area (TPSA) is 40.8 Å². The summed E-state index contributed by atoms with van der Waals surface area (Å²) in [6.45, 7) is 5.93. The lowest BCUT2D eigenvalue weighted by molar-refractivity contribution is -0.0867. The summed E-state index contributed by atoms with van der Waals surface area (Å²) in [5.74, 6) is 0. The molecule has 1 heterocycles. The van der Waals surface area contributed by atoms with Crippen molar-refractivity contribution >= 4 is 29.8 Å². The maximum absolute atomic E-state index is 13.3. The molecule has 0 fully saturated rings. The molecule has 1 N–H and O–H groups in total. The normalized spacial score (nSPS) is 13.3. The quantitative estimate of drug-likeness (QED) is 0.738. The van der Waals surface area contributed by atoms with Crippen molar-refractivity contribution < 1.29 is 13.2 Å². The fourth-order valence-corrected chi connectivity index (χ4v) is 3.65. The van der Waals surface area contributed by atoms with Crippen LogP contribution in [0.3, 0.4) is 0 Å². The van der Waals surface area contributed by atoms with E-state index >= 15 is 0 Å². The first-order chi connectivity index (χ1) is 13.4. The van der Waals surface area contributed by atoms with E-state index in [2.05, 4.69) is 17.4 Å². The molecule has 3 rings (SSSR count). The molecule has 1 aromatic carbocycles. The smallest absolute Gasteiger partial charge is 0.340 e. The highest BCUT2D eigenvalue weighted by Gasteiger charge is 2.32. The molecule has 0 spiro atoms. The Balaban J connectivity index is 2.29. The number of halogens is 3. The van der Waals surface area contributed by atoms with Crippen LogP contribution in [0.1, 0.15) is 18.9 Å². The predicted octanol–water partition coefficient (Wildman–Crippen LogP) is 4.70. The van der Waals surface area contributed by atoms with E-state index < -0.39 is 11.7 Å². The maximum Gasteiger partial charge on any atom is 0.416 e. The lowest BCUT2D eigenvalue weighted by atomic mass is 10.1. The number of hydrogen-bond acceptors (Lipinski definition) is 3. The van der Waals surface area contributed by atoms with E-state index in [-0.39, 0.29) is 6.42 Å². The molecule has 0 aliphatic heterocycles. The molecule has 144 valence electrons. The van der Waals surface area contributed by atoms with Crippen molar-refractivity contribution in [2.45, 2.75) is 26.1 Å². The lowest BCUT2D eigenvalue weighted by Gasteiger charge is -2.11. The third-order valence-corrected chi connectivity index (χ3v) is 4.97. The van der Waals surface area contributed by atoms with Crippen LogP contribution in [0.5, 0.6) is 0 Å². The van der Waals surface area contributed by atoms with Gasteiger partial charge < -0.3 is 9.29 Å². The molecule has 3 nitrogen and oxygen atoms in total. The van der Waals surface area contributed by atoms with Crippen LogP contribution in [-0.2, 0) is 6.54 Å². The van der Waals surface area contributed by atoms with Crippen molar-refractivity contribution in [2.75, 3.05) is 4.72 Å². The second-order valence-electron chi connectivity index (χ2n) is 6.09. The molecule has 0 unspecified atom stereocenters. The standard InChI is InChI=1S/C21H18F3N3S/c1-3-27-19-12-15(21(22,23)24)8-6-10-17(19)18(13-25)20(27)14-7-5-9-16(11-14)26-28-4-2/h4-5,7-12,26H,2-3,6H2,1H3. The minimum absolute atomic E-state index is 0.123. The monoisotopic (exact) mass is 401 g/mol. The molecular weight excluding hydrogens is 383 g/mol. The summed E-state index contributed by atoms with van der Waals surface area (Å²) in [6, 6.07) is 9.65. The van der Waals surface area contributed by atoms with Gasteiger partial charge in [0.2, 0.25) is 0 Å². The number of anilines is 1. The van der Waals surface area contributed by atoms with E-state index in [0.717, 1.165) is 23.4 Å². The Labute approximate surface area is 165 Å². The van der Waals surface area contributed by atoms with E-state index in [1.165, 1.54) is 11.9 Å². The summed E-state index contributed by atoms with van der Waals surface area (Å²) in [7, 11) is 0. The molecule has 0 atom stereocenters. The number of hydrogen-bond donors (Lipinski definition) is 1. The van der Waals surface area contributed by atoms with Gasteiger partial charge >= 0.3 is 6.18 Å². The third kappa shape index (κ3) is 3.73. The summed E-state index contributed by atoms with van der Waals surface area (Å²) in [5.41, 5.74) is 1.90. The van der Waals surface area contributed by atoms with E-state index in [0.29, 0.717) is 28.4 Å². The highest BCUT2D eigenvalue weighted by Crippen LogP contribution is 2.29. The minimum atomic E-state index is -4.43. The molecule has 1 aliphatic carbocycles. The number of fused-ring (bicyclic) bond motifs is 1. The molecule has 2 aromatic rings. The first kappa shape index (κ1) is 19.9. The highest BCUT2D eigenvalue weighted by molar-refractivity contribution is 8.03. The Morgan fingerprint density at radius 2 is 2.14 bits per heavy atom. The molecule has 28 heavy (non-hydrogen) atoms. The average Bonchev–Trinajstić information content (AvgIpc) is 2.80. The van der Waals surface area contributed by atoms with Gasteiger partial charge in [0, 0.05) is 23.0 Å². The molecule has 0 radical (unpaired) electrons.